The zero-order valence-corrected chi connectivity index (χ0v) is 16.2. The van der Waals surface area contributed by atoms with E-state index in [2.05, 4.69) is 25.1 Å². The number of nitroso groups, excluding NO2 is 1. The van der Waals surface area contributed by atoms with Crippen molar-refractivity contribution in [1.82, 2.24) is 19.9 Å². The Labute approximate surface area is 164 Å². The Kier molecular flexibility index (Phi) is 5.15. The van der Waals surface area contributed by atoms with Gasteiger partial charge in [0.2, 0.25) is 0 Å². The minimum absolute atomic E-state index is 0.0209. The number of imidazole rings is 1. The Hall–Kier alpha value is -3.26. The predicted octanol–water partition coefficient (Wildman–Crippen LogP) is 1.79. The van der Waals surface area contributed by atoms with Crippen LogP contribution in [-0.2, 0) is 5.41 Å². The van der Waals surface area contributed by atoms with Gasteiger partial charge < -0.3 is 15.0 Å². The third-order valence-corrected chi connectivity index (χ3v) is 4.31. The fourth-order valence-electron chi connectivity index (χ4n) is 2.73. The summed E-state index contributed by atoms with van der Waals surface area (Å²) in [7, 11) is 0. The van der Waals surface area contributed by atoms with Crippen molar-refractivity contribution < 1.29 is 0 Å². The molecule has 0 bridgehead atoms. The molecule has 0 aliphatic rings. The Balaban J connectivity index is 2.18. The van der Waals surface area contributed by atoms with E-state index in [-0.39, 0.29) is 21.8 Å². The van der Waals surface area contributed by atoms with Crippen molar-refractivity contribution in [2.24, 2.45) is 5.18 Å². The molecule has 3 aromatic rings. The molecule has 1 aromatic carbocycles. The van der Waals surface area contributed by atoms with Crippen LogP contribution >= 0.6 is 11.6 Å². The van der Waals surface area contributed by atoms with Crippen molar-refractivity contribution in [2.45, 2.75) is 26.2 Å². The highest BCUT2D eigenvalue weighted by atomic mass is 35.5. The maximum Gasteiger partial charge on any atom is 0.272 e. The van der Waals surface area contributed by atoms with Crippen molar-refractivity contribution in [3.8, 4) is 0 Å². The molecule has 0 amide bonds. The molecular weight excluding hydrogens is 382 g/mol. The summed E-state index contributed by atoms with van der Waals surface area (Å²) in [4.78, 5) is 48.2. The molecule has 0 saturated heterocycles. The molecule has 9 heteroatoms. The average Bonchev–Trinajstić information content (AvgIpc) is 3.08. The van der Waals surface area contributed by atoms with Crippen LogP contribution in [0, 0.1) is 4.91 Å². The summed E-state index contributed by atoms with van der Waals surface area (Å²) >= 11 is 5.93. The SMILES string of the molecule is CC(C)(C)c1[nH]cnc1/C=c1\[nH]c(=O)/c(=C/c2cc(Cl)ccc2N=O)[nH]c1=O. The van der Waals surface area contributed by atoms with Gasteiger partial charge in [0.15, 0.2) is 0 Å². The van der Waals surface area contributed by atoms with E-state index in [4.69, 9.17) is 11.6 Å². The first-order valence-corrected chi connectivity index (χ1v) is 8.79. The molecule has 0 unspecified atom stereocenters. The van der Waals surface area contributed by atoms with Crippen LogP contribution in [0.15, 0.2) is 39.3 Å². The summed E-state index contributed by atoms with van der Waals surface area (Å²) in [6, 6.07) is 4.42. The Bertz CT molecular complexity index is 1280. The third kappa shape index (κ3) is 4.01. The zero-order chi connectivity index (χ0) is 20.5. The third-order valence-electron chi connectivity index (χ3n) is 4.07. The second kappa shape index (κ2) is 7.40. The van der Waals surface area contributed by atoms with Crippen molar-refractivity contribution in [2.75, 3.05) is 0 Å². The fraction of sp³-hybridized carbons (Fsp3) is 0.211. The smallest absolute Gasteiger partial charge is 0.272 e. The van der Waals surface area contributed by atoms with Crippen LogP contribution in [0.25, 0.3) is 12.2 Å². The van der Waals surface area contributed by atoms with Gasteiger partial charge in [0.25, 0.3) is 11.1 Å². The topological polar surface area (TPSA) is 124 Å². The lowest BCUT2D eigenvalue weighted by atomic mass is 9.90. The molecule has 28 heavy (non-hydrogen) atoms. The second-order valence-electron chi connectivity index (χ2n) is 7.23. The van der Waals surface area contributed by atoms with Gasteiger partial charge in [-0.05, 0) is 35.5 Å². The lowest BCUT2D eigenvalue weighted by Gasteiger charge is -2.16. The molecule has 3 N–H and O–H groups in total. The maximum atomic E-state index is 12.5. The number of nitrogens with one attached hydrogen (secondary N) is 3. The van der Waals surface area contributed by atoms with E-state index >= 15 is 0 Å². The number of halogens is 1. The monoisotopic (exact) mass is 399 g/mol. The number of aromatic nitrogens is 4. The number of nitrogens with zero attached hydrogens (tertiary/aromatic N) is 2. The molecule has 2 aromatic heterocycles. The van der Waals surface area contributed by atoms with E-state index in [1.54, 1.807) is 0 Å². The molecule has 0 aliphatic heterocycles. The van der Waals surface area contributed by atoms with Gasteiger partial charge in [0.05, 0.1) is 12.0 Å². The highest BCUT2D eigenvalue weighted by molar-refractivity contribution is 6.30. The molecule has 8 nitrogen and oxygen atoms in total. The standard InChI is InChI=1S/C19H18ClN5O3/c1-19(2,3)16-13(21-9-22-16)8-15-18(27)23-14(17(26)24-15)7-10-6-11(20)4-5-12(10)25-28/h4-9H,1-3H3,(H,21,22)(H,23,27)(H,24,26)/b14-7-,15-8-. The number of hydrogen-bond acceptors (Lipinski definition) is 5. The summed E-state index contributed by atoms with van der Waals surface area (Å²) in [6.07, 6.45) is 4.40. The quantitative estimate of drug-likeness (QED) is 0.581. The Morgan fingerprint density at radius 2 is 1.71 bits per heavy atom. The summed E-state index contributed by atoms with van der Waals surface area (Å²) in [5, 5.41) is 3.32. The van der Waals surface area contributed by atoms with E-state index in [1.165, 1.54) is 36.7 Å². The van der Waals surface area contributed by atoms with Crippen LogP contribution in [-0.4, -0.2) is 19.9 Å². The van der Waals surface area contributed by atoms with E-state index in [1.807, 2.05) is 20.8 Å². The molecule has 2 heterocycles. The zero-order valence-electron chi connectivity index (χ0n) is 15.5. The summed E-state index contributed by atoms with van der Waals surface area (Å²) in [5.41, 5.74) is 0.575. The Morgan fingerprint density at radius 1 is 1.07 bits per heavy atom. The van der Waals surface area contributed by atoms with Gasteiger partial charge in [-0.2, -0.15) is 0 Å². The molecular formula is C19H18ClN5O3. The molecule has 0 atom stereocenters. The van der Waals surface area contributed by atoms with Crippen LogP contribution in [0.1, 0.15) is 37.7 Å². The first-order valence-electron chi connectivity index (χ1n) is 8.42. The molecule has 144 valence electrons. The largest absolute Gasteiger partial charge is 0.348 e. The van der Waals surface area contributed by atoms with Crippen molar-refractivity contribution in [3.63, 3.8) is 0 Å². The minimum atomic E-state index is -0.532. The molecule has 0 fully saturated rings. The van der Waals surface area contributed by atoms with Gasteiger partial charge in [0.1, 0.15) is 16.4 Å². The van der Waals surface area contributed by atoms with Gasteiger partial charge in [-0.15, -0.1) is 4.91 Å². The minimum Gasteiger partial charge on any atom is -0.348 e. The summed E-state index contributed by atoms with van der Waals surface area (Å²) < 4.78 is 0. The Morgan fingerprint density at radius 3 is 2.32 bits per heavy atom. The van der Waals surface area contributed by atoms with Crippen LogP contribution in [0.5, 0.6) is 0 Å². The van der Waals surface area contributed by atoms with Crippen molar-refractivity contribution >= 4 is 29.4 Å². The number of hydrogen-bond donors (Lipinski definition) is 3. The summed E-state index contributed by atoms with van der Waals surface area (Å²) in [6.45, 7) is 6.02. The van der Waals surface area contributed by atoms with Crippen LogP contribution < -0.4 is 21.8 Å². The van der Waals surface area contributed by atoms with Crippen LogP contribution in [0.3, 0.4) is 0 Å². The summed E-state index contributed by atoms with van der Waals surface area (Å²) in [5.74, 6) is 0. The number of H-pyrrole nitrogens is 3. The maximum absolute atomic E-state index is 12.5. The fourth-order valence-corrected chi connectivity index (χ4v) is 2.91. The number of aromatic amines is 3. The van der Waals surface area contributed by atoms with Gasteiger partial charge in [-0.3, -0.25) is 9.59 Å². The highest BCUT2D eigenvalue weighted by Gasteiger charge is 2.19. The van der Waals surface area contributed by atoms with Gasteiger partial charge in [-0.25, -0.2) is 4.98 Å². The number of rotatable bonds is 3. The van der Waals surface area contributed by atoms with Gasteiger partial charge >= 0.3 is 0 Å². The van der Waals surface area contributed by atoms with Crippen LogP contribution in [0.4, 0.5) is 5.69 Å². The van der Waals surface area contributed by atoms with E-state index < -0.39 is 11.1 Å². The van der Waals surface area contributed by atoms with Crippen molar-refractivity contribution in [1.29, 1.82) is 0 Å². The van der Waals surface area contributed by atoms with E-state index in [0.29, 0.717) is 16.3 Å². The molecule has 3 rings (SSSR count). The first kappa shape index (κ1) is 19.5. The molecule has 0 spiro atoms. The molecule has 0 radical (unpaired) electrons. The predicted molar refractivity (Wildman–Crippen MR) is 108 cm³/mol. The molecule has 0 saturated carbocycles. The number of benzene rings is 1. The lowest BCUT2D eigenvalue weighted by Crippen LogP contribution is -2.46. The first-order chi connectivity index (χ1) is 13.2. The van der Waals surface area contributed by atoms with E-state index in [0.717, 1.165) is 5.69 Å². The average molecular weight is 400 g/mol. The molecule has 0 aliphatic carbocycles. The normalized spacial score (nSPS) is 13.1. The highest BCUT2D eigenvalue weighted by Crippen LogP contribution is 2.24. The van der Waals surface area contributed by atoms with Crippen LogP contribution in [0.2, 0.25) is 5.02 Å². The van der Waals surface area contributed by atoms with Gasteiger partial charge in [0, 0.05) is 21.7 Å². The van der Waals surface area contributed by atoms with Gasteiger partial charge in [-0.1, -0.05) is 32.4 Å². The van der Waals surface area contributed by atoms with Crippen molar-refractivity contribution in [3.05, 3.63) is 82.8 Å². The second-order valence-corrected chi connectivity index (χ2v) is 7.67. The van der Waals surface area contributed by atoms with E-state index in [9.17, 15) is 14.5 Å². The lowest BCUT2D eigenvalue weighted by molar-refractivity contribution is 0.571.